The molecule has 0 aromatic carbocycles. The van der Waals surface area contributed by atoms with E-state index >= 15 is 0 Å². The van der Waals surface area contributed by atoms with E-state index in [9.17, 15) is 19.5 Å². The zero-order chi connectivity index (χ0) is 24.0. The Morgan fingerprint density at radius 2 is 1.22 bits per heavy atom. The number of carbonyl (C=O) groups is 3. The second kappa shape index (κ2) is 21.4. The molecular formula is C25H49N3O4. The fourth-order valence-electron chi connectivity index (χ4n) is 3.87. The highest BCUT2D eigenvalue weighted by Crippen LogP contribution is 2.17. The maximum atomic E-state index is 12.1. The quantitative estimate of drug-likeness (QED) is 0.175. The van der Waals surface area contributed by atoms with E-state index in [1.54, 1.807) is 0 Å². The van der Waals surface area contributed by atoms with Gasteiger partial charge in [-0.05, 0) is 25.8 Å². The summed E-state index contributed by atoms with van der Waals surface area (Å²) in [7, 11) is 0. The molecule has 0 aliphatic rings. The van der Waals surface area contributed by atoms with E-state index in [1.165, 1.54) is 64.2 Å². The molecule has 6 N–H and O–H groups in total. The number of imide groups is 1. The number of hydrogen-bond donors (Lipinski definition) is 4. The molecule has 0 bridgehead atoms. The number of nitrogens with one attached hydrogen (secondary N) is 1. The minimum Gasteiger partial charge on any atom is -0.481 e. The topological polar surface area (TPSA) is 136 Å². The van der Waals surface area contributed by atoms with Crippen LogP contribution in [0.5, 0.6) is 0 Å². The molecule has 0 heterocycles. The molecule has 0 saturated heterocycles. The molecule has 1 unspecified atom stereocenters. The monoisotopic (exact) mass is 455 g/mol. The standard InChI is InChI=1S/C25H49N3O4/c1-2-3-4-5-6-7-8-9-10-11-12-13-14-17-21(25(31)32)20-23(29)28-24(30)22(27)18-15-16-19-26/h21-22H,2-20,26-27H2,1H3,(H,31,32)(H,28,29,30)/t21?,22-/m0/s1. The van der Waals surface area contributed by atoms with E-state index in [4.69, 9.17) is 11.5 Å². The van der Waals surface area contributed by atoms with Crippen LogP contribution in [0.3, 0.4) is 0 Å². The van der Waals surface area contributed by atoms with Crippen LogP contribution in [0, 0.1) is 5.92 Å². The number of rotatable bonds is 22. The fourth-order valence-corrected chi connectivity index (χ4v) is 3.87. The number of nitrogens with two attached hydrogens (primary N) is 2. The van der Waals surface area contributed by atoms with Gasteiger partial charge >= 0.3 is 5.97 Å². The lowest BCUT2D eigenvalue weighted by molar-refractivity contribution is -0.145. The van der Waals surface area contributed by atoms with Crippen molar-refractivity contribution >= 4 is 17.8 Å². The lowest BCUT2D eigenvalue weighted by Crippen LogP contribution is -2.44. The van der Waals surface area contributed by atoms with Crippen molar-refractivity contribution in [2.45, 2.75) is 129 Å². The number of carboxylic acid groups (broad SMARTS) is 1. The predicted octanol–water partition coefficient (Wildman–Crippen LogP) is 4.66. The maximum Gasteiger partial charge on any atom is 0.307 e. The molecule has 0 aliphatic carbocycles. The smallest absolute Gasteiger partial charge is 0.307 e. The summed E-state index contributed by atoms with van der Waals surface area (Å²) in [5.74, 6) is -2.86. The molecule has 0 saturated carbocycles. The molecule has 2 atom stereocenters. The van der Waals surface area contributed by atoms with Crippen LogP contribution in [0.15, 0.2) is 0 Å². The van der Waals surface area contributed by atoms with Crippen molar-refractivity contribution in [2.75, 3.05) is 6.54 Å². The largest absolute Gasteiger partial charge is 0.481 e. The van der Waals surface area contributed by atoms with Crippen molar-refractivity contribution in [1.29, 1.82) is 0 Å². The Morgan fingerprint density at radius 3 is 1.69 bits per heavy atom. The second-order valence-corrected chi connectivity index (χ2v) is 9.07. The van der Waals surface area contributed by atoms with Crippen LogP contribution in [-0.2, 0) is 14.4 Å². The molecule has 32 heavy (non-hydrogen) atoms. The van der Waals surface area contributed by atoms with Crippen LogP contribution < -0.4 is 16.8 Å². The first-order valence-electron chi connectivity index (χ1n) is 12.9. The average Bonchev–Trinajstić information content (AvgIpc) is 2.75. The molecule has 2 amide bonds. The summed E-state index contributed by atoms with van der Waals surface area (Å²) in [6.45, 7) is 2.78. The Labute approximate surface area is 195 Å². The zero-order valence-corrected chi connectivity index (χ0v) is 20.4. The molecule has 0 fully saturated rings. The summed E-state index contributed by atoms with van der Waals surface area (Å²) in [4.78, 5) is 35.5. The van der Waals surface area contributed by atoms with Crippen LogP contribution in [0.25, 0.3) is 0 Å². The SMILES string of the molecule is CCCCCCCCCCCCCCCC(CC(=O)NC(=O)[C@@H](N)CCCCN)C(=O)O. The van der Waals surface area contributed by atoms with Crippen LogP contribution in [0.2, 0.25) is 0 Å². The number of amides is 2. The minimum atomic E-state index is -0.987. The summed E-state index contributed by atoms with van der Waals surface area (Å²) in [6.07, 6.45) is 18.2. The minimum absolute atomic E-state index is 0.186. The van der Waals surface area contributed by atoms with Gasteiger partial charge in [-0.1, -0.05) is 96.8 Å². The van der Waals surface area contributed by atoms with Gasteiger partial charge in [0.1, 0.15) is 0 Å². The van der Waals surface area contributed by atoms with E-state index in [0.29, 0.717) is 19.4 Å². The van der Waals surface area contributed by atoms with Gasteiger partial charge in [0.2, 0.25) is 11.8 Å². The van der Waals surface area contributed by atoms with Gasteiger partial charge in [0, 0.05) is 6.42 Å². The summed E-state index contributed by atoms with van der Waals surface area (Å²) in [5, 5.41) is 11.6. The average molecular weight is 456 g/mol. The summed E-state index contributed by atoms with van der Waals surface area (Å²) in [6, 6.07) is -0.769. The van der Waals surface area contributed by atoms with Gasteiger partial charge in [0.15, 0.2) is 0 Å². The molecule has 7 nitrogen and oxygen atoms in total. The van der Waals surface area contributed by atoms with Crippen molar-refractivity contribution < 1.29 is 19.5 Å². The van der Waals surface area contributed by atoms with Crippen molar-refractivity contribution in [3.8, 4) is 0 Å². The predicted molar refractivity (Wildman–Crippen MR) is 130 cm³/mol. The second-order valence-electron chi connectivity index (χ2n) is 9.07. The molecule has 0 radical (unpaired) electrons. The van der Waals surface area contributed by atoms with Crippen molar-refractivity contribution in [2.24, 2.45) is 17.4 Å². The molecule has 7 heteroatoms. The highest BCUT2D eigenvalue weighted by atomic mass is 16.4. The number of carbonyl (C=O) groups excluding carboxylic acids is 2. The number of hydrogen-bond acceptors (Lipinski definition) is 5. The van der Waals surface area contributed by atoms with E-state index < -0.39 is 29.7 Å². The van der Waals surface area contributed by atoms with Gasteiger partial charge in [-0.2, -0.15) is 0 Å². The molecule has 0 aromatic heterocycles. The van der Waals surface area contributed by atoms with Gasteiger partial charge in [-0.25, -0.2) is 0 Å². The molecule has 0 aliphatic heterocycles. The summed E-state index contributed by atoms with van der Waals surface area (Å²) < 4.78 is 0. The third-order valence-corrected chi connectivity index (χ3v) is 6.01. The molecular weight excluding hydrogens is 406 g/mol. The first-order chi connectivity index (χ1) is 15.4. The Morgan fingerprint density at radius 1 is 0.750 bits per heavy atom. The molecule has 0 aromatic rings. The van der Waals surface area contributed by atoms with Crippen molar-refractivity contribution in [1.82, 2.24) is 5.32 Å². The Balaban J connectivity index is 3.84. The van der Waals surface area contributed by atoms with Crippen LogP contribution in [-0.4, -0.2) is 35.5 Å². The number of unbranched alkanes of at least 4 members (excludes halogenated alkanes) is 13. The Hall–Kier alpha value is -1.47. The Kier molecular flexibility index (Phi) is 20.4. The van der Waals surface area contributed by atoms with E-state index in [0.717, 1.165) is 32.1 Å². The summed E-state index contributed by atoms with van der Waals surface area (Å²) in [5.41, 5.74) is 11.2. The van der Waals surface area contributed by atoms with Gasteiger partial charge in [0.05, 0.1) is 12.0 Å². The highest BCUT2D eigenvalue weighted by molar-refractivity contribution is 5.98. The van der Waals surface area contributed by atoms with Crippen LogP contribution in [0.1, 0.15) is 122 Å². The first kappa shape index (κ1) is 30.5. The van der Waals surface area contributed by atoms with E-state index in [-0.39, 0.29) is 6.42 Å². The first-order valence-corrected chi connectivity index (χ1v) is 12.9. The fraction of sp³-hybridized carbons (Fsp3) is 0.880. The van der Waals surface area contributed by atoms with Gasteiger partial charge in [-0.3, -0.25) is 19.7 Å². The lowest BCUT2D eigenvalue weighted by atomic mass is 9.96. The van der Waals surface area contributed by atoms with Gasteiger partial charge in [-0.15, -0.1) is 0 Å². The van der Waals surface area contributed by atoms with E-state index in [1.807, 2.05) is 0 Å². The normalized spacial score (nSPS) is 13.0. The molecule has 0 spiro atoms. The molecule has 188 valence electrons. The van der Waals surface area contributed by atoms with Crippen molar-refractivity contribution in [3.05, 3.63) is 0 Å². The van der Waals surface area contributed by atoms with Gasteiger partial charge < -0.3 is 16.6 Å². The maximum absolute atomic E-state index is 12.1. The van der Waals surface area contributed by atoms with Crippen LogP contribution >= 0.6 is 0 Å². The third-order valence-electron chi connectivity index (χ3n) is 6.01. The molecule has 0 rings (SSSR count). The lowest BCUT2D eigenvalue weighted by Gasteiger charge is -2.14. The summed E-state index contributed by atoms with van der Waals surface area (Å²) >= 11 is 0. The zero-order valence-electron chi connectivity index (χ0n) is 20.4. The van der Waals surface area contributed by atoms with Gasteiger partial charge in [0.25, 0.3) is 0 Å². The highest BCUT2D eigenvalue weighted by Gasteiger charge is 2.23. The van der Waals surface area contributed by atoms with Crippen molar-refractivity contribution in [3.63, 3.8) is 0 Å². The van der Waals surface area contributed by atoms with Crippen LogP contribution in [0.4, 0.5) is 0 Å². The number of aliphatic carboxylic acids is 1. The number of carboxylic acids is 1. The van der Waals surface area contributed by atoms with E-state index in [2.05, 4.69) is 12.2 Å². The third kappa shape index (κ3) is 18.1. The Bertz CT molecular complexity index is 500.